The molecule has 1 rings (SSSR count). The third-order valence-corrected chi connectivity index (χ3v) is 0.906. The predicted octanol–water partition coefficient (Wildman–Crippen LogP) is 1.65. The van der Waals surface area contributed by atoms with Crippen molar-refractivity contribution in [3.8, 4) is 5.88 Å². The summed E-state index contributed by atoms with van der Waals surface area (Å²) in [7, 11) is 1.45. The largest absolute Gasteiger partial charge is 0.481 e. The van der Waals surface area contributed by atoms with Crippen LogP contribution in [0.3, 0.4) is 0 Å². The molecule has 0 N–H and O–H groups in total. The number of methoxy groups -OCH3 is 1. The maximum absolute atomic E-state index is 12.2. The van der Waals surface area contributed by atoms with Gasteiger partial charge in [0.2, 0.25) is 5.88 Å². The van der Waals surface area contributed by atoms with Crippen LogP contribution in [0.25, 0.3) is 0 Å². The number of hydrogen-bond acceptors (Lipinski definition) is 2. The Morgan fingerprint density at radius 2 is 2.30 bits per heavy atom. The molecule has 0 aliphatic carbocycles. The van der Waals surface area contributed by atoms with E-state index in [1.807, 2.05) is 0 Å². The van der Waals surface area contributed by atoms with E-state index in [1.165, 1.54) is 25.4 Å². The molecule has 0 radical (unpaired) electrons. The summed E-state index contributed by atoms with van der Waals surface area (Å²) < 4.78 is 16.9. The van der Waals surface area contributed by atoms with Gasteiger partial charge in [0, 0.05) is 12.3 Å². The van der Waals surface area contributed by atoms with E-state index < -0.39 is 0 Å². The van der Waals surface area contributed by atoms with Crippen molar-refractivity contribution in [2.75, 3.05) is 7.11 Å². The second-order valence-corrected chi connectivity index (χ2v) is 1.52. The van der Waals surface area contributed by atoms with E-state index in [0.29, 0.717) is 5.88 Å². The maximum atomic E-state index is 12.2. The van der Waals surface area contributed by atoms with Crippen molar-refractivity contribution in [3.05, 3.63) is 24.1 Å². The minimum atomic E-state index is -0.332. The Morgan fingerprint density at radius 1 is 1.60 bits per heavy atom. The van der Waals surface area contributed by atoms with Crippen molar-refractivity contribution in [1.29, 1.82) is 0 Å². The van der Waals surface area contributed by atoms with Crippen LogP contribution in [-0.4, -0.2) is 12.1 Å². The fourth-order valence-corrected chi connectivity index (χ4v) is 0.497. The molecule has 1 aromatic heterocycles. The summed E-state index contributed by atoms with van der Waals surface area (Å²) in [6.45, 7) is 0. The first kappa shape index (κ1) is 9.17. The molecule has 0 saturated heterocycles. The Hall–Kier alpha value is -0.830. The van der Waals surface area contributed by atoms with E-state index in [1.54, 1.807) is 0 Å². The number of rotatable bonds is 1. The molecule has 0 atom stereocenters. The van der Waals surface area contributed by atoms with E-state index in [-0.39, 0.29) is 18.2 Å². The van der Waals surface area contributed by atoms with Gasteiger partial charge in [-0.3, -0.25) is 0 Å². The molecule has 56 valence electrons. The van der Waals surface area contributed by atoms with Crippen LogP contribution in [-0.2, 0) is 0 Å². The van der Waals surface area contributed by atoms with Crippen LogP contribution in [0.5, 0.6) is 5.88 Å². The molecule has 1 aromatic rings. The lowest BCUT2D eigenvalue weighted by Gasteiger charge is -1.94. The SMILES string of the molecule is COc1cc(F)ccn1.Cl. The number of pyridine rings is 1. The minimum Gasteiger partial charge on any atom is -0.481 e. The summed E-state index contributed by atoms with van der Waals surface area (Å²) in [6.07, 6.45) is 1.36. The number of aromatic nitrogens is 1. The van der Waals surface area contributed by atoms with E-state index in [2.05, 4.69) is 9.72 Å². The molecule has 0 spiro atoms. The summed E-state index contributed by atoms with van der Waals surface area (Å²) in [6, 6.07) is 2.49. The van der Waals surface area contributed by atoms with Crippen molar-refractivity contribution >= 4 is 12.4 Å². The molecule has 1 heterocycles. The fourth-order valence-electron chi connectivity index (χ4n) is 0.497. The average Bonchev–Trinajstić information content (AvgIpc) is 1.88. The van der Waals surface area contributed by atoms with Gasteiger partial charge in [-0.2, -0.15) is 0 Å². The molecule has 0 amide bonds. The van der Waals surface area contributed by atoms with E-state index in [0.717, 1.165) is 0 Å². The van der Waals surface area contributed by atoms with Gasteiger partial charge in [0.15, 0.2) is 0 Å². The third kappa shape index (κ3) is 2.19. The van der Waals surface area contributed by atoms with Crippen molar-refractivity contribution < 1.29 is 9.13 Å². The Kier molecular flexibility index (Phi) is 3.72. The van der Waals surface area contributed by atoms with Gasteiger partial charge >= 0.3 is 0 Å². The number of ether oxygens (including phenoxy) is 1. The summed E-state index contributed by atoms with van der Waals surface area (Å²) in [5, 5.41) is 0. The Bertz CT molecular complexity index is 207. The molecular weight excluding hydrogens is 157 g/mol. The molecule has 0 fully saturated rings. The first-order chi connectivity index (χ1) is 4.33. The van der Waals surface area contributed by atoms with E-state index >= 15 is 0 Å². The number of nitrogens with zero attached hydrogens (tertiary/aromatic N) is 1. The van der Waals surface area contributed by atoms with Crippen molar-refractivity contribution in [2.45, 2.75) is 0 Å². The highest BCUT2D eigenvalue weighted by Gasteiger charge is 1.91. The highest BCUT2D eigenvalue weighted by Crippen LogP contribution is 2.05. The molecule has 0 unspecified atom stereocenters. The zero-order chi connectivity index (χ0) is 6.69. The molecule has 0 aliphatic rings. The van der Waals surface area contributed by atoms with Crippen molar-refractivity contribution in [2.24, 2.45) is 0 Å². The smallest absolute Gasteiger partial charge is 0.215 e. The van der Waals surface area contributed by atoms with E-state index in [9.17, 15) is 4.39 Å². The molecule has 0 bridgehead atoms. The highest BCUT2D eigenvalue weighted by atomic mass is 35.5. The van der Waals surface area contributed by atoms with Gasteiger partial charge in [-0.1, -0.05) is 0 Å². The Labute approximate surface area is 64.4 Å². The minimum absolute atomic E-state index is 0. The van der Waals surface area contributed by atoms with Gasteiger partial charge in [-0.05, 0) is 6.07 Å². The lowest BCUT2D eigenvalue weighted by molar-refractivity contribution is 0.394. The molecule has 0 saturated carbocycles. The van der Waals surface area contributed by atoms with Gasteiger partial charge in [0.25, 0.3) is 0 Å². The van der Waals surface area contributed by atoms with Gasteiger partial charge in [-0.15, -0.1) is 12.4 Å². The normalized spacial score (nSPS) is 8.20. The molecule has 10 heavy (non-hydrogen) atoms. The zero-order valence-corrected chi connectivity index (χ0v) is 6.19. The van der Waals surface area contributed by atoms with Crippen LogP contribution < -0.4 is 4.74 Å². The Morgan fingerprint density at radius 3 is 2.70 bits per heavy atom. The van der Waals surface area contributed by atoms with E-state index in [4.69, 9.17) is 0 Å². The highest BCUT2D eigenvalue weighted by molar-refractivity contribution is 5.85. The monoisotopic (exact) mass is 163 g/mol. The lowest BCUT2D eigenvalue weighted by Crippen LogP contribution is -1.86. The maximum Gasteiger partial charge on any atom is 0.215 e. The molecule has 0 aromatic carbocycles. The summed E-state index contributed by atoms with van der Waals surface area (Å²) in [4.78, 5) is 3.70. The summed E-state index contributed by atoms with van der Waals surface area (Å²) in [5.74, 6) is -0.0307. The molecular formula is C6H7ClFNO. The van der Waals surface area contributed by atoms with Crippen molar-refractivity contribution in [1.82, 2.24) is 4.98 Å². The van der Waals surface area contributed by atoms with Crippen LogP contribution in [0, 0.1) is 5.82 Å². The van der Waals surface area contributed by atoms with Gasteiger partial charge < -0.3 is 4.74 Å². The van der Waals surface area contributed by atoms with Crippen LogP contribution >= 0.6 is 12.4 Å². The average molecular weight is 164 g/mol. The third-order valence-electron chi connectivity index (χ3n) is 0.906. The number of hydrogen-bond donors (Lipinski definition) is 0. The van der Waals surface area contributed by atoms with Crippen LogP contribution in [0.2, 0.25) is 0 Å². The Balaban J connectivity index is 0.000000810. The summed E-state index contributed by atoms with van der Waals surface area (Å²) in [5.41, 5.74) is 0. The lowest BCUT2D eigenvalue weighted by atomic mass is 10.5. The molecule has 4 heteroatoms. The van der Waals surface area contributed by atoms with Crippen LogP contribution in [0.15, 0.2) is 18.3 Å². The number of halogens is 2. The van der Waals surface area contributed by atoms with Crippen LogP contribution in [0.4, 0.5) is 4.39 Å². The van der Waals surface area contributed by atoms with Gasteiger partial charge in [-0.25, -0.2) is 9.37 Å². The van der Waals surface area contributed by atoms with Crippen LogP contribution in [0.1, 0.15) is 0 Å². The quantitative estimate of drug-likeness (QED) is 0.628. The first-order valence-corrected chi connectivity index (χ1v) is 2.48. The molecule has 0 aliphatic heterocycles. The molecule has 2 nitrogen and oxygen atoms in total. The van der Waals surface area contributed by atoms with Gasteiger partial charge in [0.1, 0.15) is 5.82 Å². The second kappa shape index (κ2) is 4.06. The predicted molar refractivity (Wildman–Crippen MR) is 38.0 cm³/mol. The van der Waals surface area contributed by atoms with Crippen molar-refractivity contribution in [3.63, 3.8) is 0 Å². The summed E-state index contributed by atoms with van der Waals surface area (Å²) >= 11 is 0. The topological polar surface area (TPSA) is 22.1 Å². The fraction of sp³-hybridized carbons (Fsp3) is 0.167. The standard InChI is InChI=1S/C6H6FNO.ClH/c1-9-6-4-5(7)2-3-8-6;/h2-4H,1H3;1H. The second-order valence-electron chi connectivity index (χ2n) is 1.52. The van der Waals surface area contributed by atoms with Gasteiger partial charge in [0.05, 0.1) is 7.11 Å². The first-order valence-electron chi connectivity index (χ1n) is 2.48. The zero-order valence-electron chi connectivity index (χ0n) is 5.37.